The first kappa shape index (κ1) is 33.5. The van der Waals surface area contributed by atoms with Gasteiger partial charge in [0.2, 0.25) is 5.91 Å². The highest BCUT2D eigenvalue weighted by atomic mass is 32.2. The molecule has 0 fully saturated rings. The van der Waals surface area contributed by atoms with E-state index < -0.39 is 22.9 Å². The second-order valence-electron chi connectivity index (χ2n) is 10.3. The first-order valence-corrected chi connectivity index (χ1v) is 15.7. The summed E-state index contributed by atoms with van der Waals surface area (Å²) in [6.45, 7) is 0. The number of carbonyl (C=O) groups excluding carboxylic acids is 3. The monoisotopic (exact) mass is 661 g/mol. The summed E-state index contributed by atoms with van der Waals surface area (Å²) in [5.41, 5.74) is 2.07. The van der Waals surface area contributed by atoms with Crippen molar-refractivity contribution in [3.63, 3.8) is 0 Å². The second kappa shape index (κ2) is 16.1. The van der Waals surface area contributed by atoms with Gasteiger partial charge in [-0.25, -0.2) is 4.39 Å². The molecule has 0 spiro atoms. The molecule has 0 radical (unpaired) electrons. The molecule has 0 saturated carbocycles. The van der Waals surface area contributed by atoms with Gasteiger partial charge >= 0.3 is 0 Å². The van der Waals surface area contributed by atoms with E-state index in [9.17, 15) is 18.8 Å². The summed E-state index contributed by atoms with van der Waals surface area (Å²) in [5.74, 6) is -0.900. The number of methoxy groups -OCH3 is 2. The Hall–Kier alpha value is -5.87. The molecule has 0 aromatic heterocycles. The molecule has 0 saturated heterocycles. The molecule has 1 unspecified atom stereocenters. The van der Waals surface area contributed by atoms with Crippen LogP contribution in [0.3, 0.4) is 0 Å². The van der Waals surface area contributed by atoms with E-state index in [1.54, 1.807) is 86.0 Å². The van der Waals surface area contributed by atoms with Gasteiger partial charge in [0.1, 0.15) is 28.3 Å². The molecule has 0 aliphatic heterocycles. The largest absolute Gasteiger partial charge is 0.497 e. The van der Waals surface area contributed by atoms with E-state index in [0.29, 0.717) is 28.4 Å². The Morgan fingerprint density at radius 2 is 1.42 bits per heavy atom. The number of rotatable bonds is 12. The molecule has 1 atom stereocenters. The van der Waals surface area contributed by atoms with Crippen LogP contribution in [0.25, 0.3) is 6.08 Å². The Bertz CT molecular complexity index is 1920. The van der Waals surface area contributed by atoms with Gasteiger partial charge in [0, 0.05) is 27.8 Å². The standard InChI is InChI=1S/C38H32FN3O5S/c1-46-29-19-22-32(34(24-29)47-2)41-38(45)35(25-11-5-3-6-12-25)48-30-20-17-28(18-21-30)40-37(44)33(23-27-15-9-10-16-31(27)39)42-36(43)26-13-7-4-8-14-26/h3-24,35H,1-2H3,(H,40,44)(H,41,45)(H,42,43)/b33-23-. The average Bonchev–Trinajstić information content (AvgIpc) is 3.12. The summed E-state index contributed by atoms with van der Waals surface area (Å²) < 4.78 is 25.2. The molecule has 242 valence electrons. The molecule has 5 aromatic rings. The van der Waals surface area contributed by atoms with Crippen molar-refractivity contribution in [2.24, 2.45) is 0 Å². The topological polar surface area (TPSA) is 106 Å². The number of hydrogen-bond donors (Lipinski definition) is 3. The number of halogens is 1. The number of ether oxygens (including phenoxy) is 2. The van der Waals surface area contributed by atoms with Crippen molar-refractivity contribution >= 4 is 46.9 Å². The summed E-state index contributed by atoms with van der Waals surface area (Å²) in [7, 11) is 3.07. The van der Waals surface area contributed by atoms with E-state index in [-0.39, 0.29) is 17.2 Å². The quantitative estimate of drug-likeness (QED) is 0.0934. The van der Waals surface area contributed by atoms with E-state index in [1.165, 1.54) is 43.1 Å². The second-order valence-corrected chi connectivity index (χ2v) is 11.5. The normalized spacial score (nSPS) is 11.6. The molecule has 48 heavy (non-hydrogen) atoms. The third kappa shape index (κ3) is 8.68. The van der Waals surface area contributed by atoms with E-state index in [1.807, 2.05) is 30.3 Å². The van der Waals surface area contributed by atoms with Crippen molar-refractivity contribution in [3.8, 4) is 11.5 Å². The molecule has 5 aromatic carbocycles. The van der Waals surface area contributed by atoms with Crippen molar-refractivity contribution in [1.29, 1.82) is 0 Å². The van der Waals surface area contributed by atoms with Crippen LogP contribution in [0.5, 0.6) is 11.5 Å². The van der Waals surface area contributed by atoms with E-state index in [2.05, 4.69) is 16.0 Å². The van der Waals surface area contributed by atoms with Crippen molar-refractivity contribution < 1.29 is 28.2 Å². The van der Waals surface area contributed by atoms with Crippen LogP contribution in [-0.2, 0) is 9.59 Å². The predicted molar refractivity (Wildman–Crippen MR) is 187 cm³/mol. The van der Waals surface area contributed by atoms with Gasteiger partial charge in [-0.1, -0.05) is 66.7 Å². The van der Waals surface area contributed by atoms with Gasteiger partial charge in [0.25, 0.3) is 11.8 Å². The van der Waals surface area contributed by atoms with Crippen LogP contribution in [0, 0.1) is 5.82 Å². The molecular formula is C38H32FN3O5S. The zero-order valence-corrected chi connectivity index (χ0v) is 26.9. The highest BCUT2D eigenvalue weighted by molar-refractivity contribution is 8.00. The molecule has 3 amide bonds. The van der Waals surface area contributed by atoms with Crippen LogP contribution in [0.15, 0.2) is 138 Å². The van der Waals surface area contributed by atoms with Crippen molar-refractivity contribution in [1.82, 2.24) is 5.32 Å². The number of nitrogens with one attached hydrogen (secondary N) is 3. The molecule has 0 heterocycles. The number of carbonyl (C=O) groups is 3. The molecule has 8 nitrogen and oxygen atoms in total. The zero-order chi connectivity index (χ0) is 33.9. The Kier molecular flexibility index (Phi) is 11.2. The van der Waals surface area contributed by atoms with Crippen LogP contribution in [-0.4, -0.2) is 31.9 Å². The Labute approximate surface area is 282 Å². The Balaban J connectivity index is 1.34. The fraction of sp³-hybridized carbons (Fsp3) is 0.0789. The van der Waals surface area contributed by atoms with Gasteiger partial charge in [0.05, 0.1) is 19.9 Å². The molecule has 5 rings (SSSR count). The lowest BCUT2D eigenvalue weighted by Crippen LogP contribution is -2.30. The number of amides is 3. The highest BCUT2D eigenvalue weighted by Crippen LogP contribution is 2.38. The molecule has 0 aliphatic rings. The SMILES string of the molecule is COc1ccc(NC(=O)C(Sc2ccc(NC(=O)/C(=C/c3ccccc3F)NC(=O)c3ccccc3)cc2)c2ccccc2)c(OC)c1. The van der Waals surface area contributed by atoms with Gasteiger partial charge < -0.3 is 25.4 Å². The third-order valence-electron chi connectivity index (χ3n) is 7.11. The predicted octanol–water partition coefficient (Wildman–Crippen LogP) is 7.72. The van der Waals surface area contributed by atoms with Crippen LogP contribution < -0.4 is 25.4 Å². The average molecular weight is 662 g/mol. The van der Waals surface area contributed by atoms with E-state index in [0.717, 1.165) is 10.5 Å². The summed E-state index contributed by atoms with van der Waals surface area (Å²) >= 11 is 1.33. The minimum Gasteiger partial charge on any atom is -0.497 e. The van der Waals surface area contributed by atoms with Crippen molar-refractivity contribution in [3.05, 3.63) is 156 Å². The summed E-state index contributed by atoms with van der Waals surface area (Å²) in [6, 6.07) is 35.8. The molecule has 10 heteroatoms. The van der Waals surface area contributed by atoms with Crippen molar-refractivity contribution in [2.45, 2.75) is 10.1 Å². The molecule has 0 aliphatic carbocycles. The minimum absolute atomic E-state index is 0.137. The smallest absolute Gasteiger partial charge is 0.272 e. The zero-order valence-electron chi connectivity index (χ0n) is 26.1. The van der Waals surface area contributed by atoms with Crippen LogP contribution in [0.2, 0.25) is 0 Å². The summed E-state index contributed by atoms with van der Waals surface area (Å²) in [6.07, 6.45) is 1.29. The molecular weight excluding hydrogens is 629 g/mol. The Morgan fingerprint density at radius 1 is 0.750 bits per heavy atom. The molecule has 0 bridgehead atoms. The summed E-state index contributed by atoms with van der Waals surface area (Å²) in [5, 5.41) is 7.73. The van der Waals surface area contributed by atoms with Crippen molar-refractivity contribution in [2.75, 3.05) is 24.9 Å². The van der Waals surface area contributed by atoms with Gasteiger partial charge in [-0.3, -0.25) is 14.4 Å². The van der Waals surface area contributed by atoms with Gasteiger partial charge in [0.15, 0.2) is 0 Å². The fourth-order valence-electron chi connectivity index (χ4n) is 4.64. The number of benzene rings is 5. The van der Waals surface area contributed by atoms with E-state index >= 15 is 0 Å². The fourth-order valence-corrected chi connectivity index (χ4v) is 5.67. The lowest BCUT2D eigenvalue weighted by atomic mass is 10.1. The maximum atomic E-state index is 14.5. The van der Waals surface area contributed by atoms with Gasteiger partial charge in [-0.15, -0.1) is 11.8 Å². The number of anilines is 2. The van der Waals surface area contributed by atoms with Crippen LogP contribution in [0.1, 0.15) is 26.7 Å². The van der Waals surface area contributed by atoms with Gasteiger partial charge in [-0.2, -0.15) is 0 Å². The summed E-state index contributed by atoms with van der Waals surface area (Å²) in [4.78, 5) is 40.7. The first-order chi connectivity index (χ1) is 23.3. The van der Waals surface area contributed by atoms with E-state index in [4.69, 9.17) is 9.47 Å². The third-order valence-corrected chi connectivity index (χ3v) is 8.37. The molecule has 3 N–H and O–H groups in total. The maximum absolute atomic E-state index is 14.5. The minimum atomic E-state index is -0.641. The van der Waals surface area contributed by atoms with Crippen LogP contribution in [0.4, 0.5) is 15.8 Å². The first-order valence-electron chi connectivity index (χ1n) is 14.8. The Morgan fingerprint density at radius 3 is 2.08 bits per heavy atom. The number of hydrogen-bond acceptors (Lipinski definition) is 6. The maximum Gasteiger partial charge on any atom is 0.272 e. The van der Waals surface area contributed by atoms with Crippen LogP contribution >= 0.6 is 11.8 Å². The highest BCUT2D eigenvalue weighted by Gasteiger charge is 2.24. The number of thioether (sulfide) groups is 1. The lowest BCUT2D eigenvalue weighted by Gasteiger charge is -2.19. The lowest BCUT2D eigenvalue weighted by molar-refractivity contribution is -0.116. The van der Waals surface area contributed by atoms with Gasteiger partial charge in [-0.05, 0) is 66.2 Å².